The van der Waals surface area contributed by atoms with E-state index in [1.165, 1.54) is 0 Å². The van der Waals surface area contributed by atoms with Crippen molar-refractivity contribution in [2.45, 2.75) is 39.7 Å². The number of aromatic nitrogens is 2. The number of imidazole rings is 1. The maximum absolute atomic E-state index is 6.32. The number of hydrogen-bond donors (Lipinski definition) is 1. The molecule has 0 unspecified atom stereocenters. The molecule has 0 fully saturated rings. The molecule has 4 heteroatoms. The summed E-state index contributed by atoms with van der Waals surface area (Å²) in [4.78, 5) is 4.72. The van der Waals surface area contributed by atoms with Crippen LogP contribution in [0.1, 0.15) is 32.5 Å². The monoisotopic (exact) mass is 273 g/mol. The molecule has 1 aromatic heterocycles. The third kappa shape index (κ3) is 2.64. The van der Waals surface area contributed by atoms with Crippen LogP contribution in [0.3, 0.4) is 0 Å². The zero-order valence-corrected chi connectivity index (χ0v) is 12.5. The Morgan fingerprint density at radius 2 is 2.00 bits per heavy atom. The van der Waals surface area contributed by atoms with Crippen LogP contribution in [0.5, 0.6) is 5.75 Å². The number of ether oxygens (including phenoxy) is 1. The maximum atomic E-state index is 6.32. The van der Waals surface area contributed by atoms with Gasteiger partial charge in [-0.05, 0) is 18.6 Å². The largest absolute Gasteiger partial charge is 0.496 e. The lowest BCUT2D eigenvalue weighted by atomic mass is 10.1. The zero-order chi connectivity index (χ0) is 14.5. The van der Waals surface area contributed by atoms with Crippen LogP contribution in [-0.2, 0) is 13.0 Å². The fourth-order valence-electron chi connectivity index (χ4n) is 2.39. The van der Waals surface area contributed by atoms with Gasteiger partial charge >= 0.3 is 0 Å². The number of anilines is 1. The van der Waals surface area contributed by atoms with Crippen molar-refractivity contribution in [1.29, 1.82) is 0 Å². The Kier molecular flexibility index (Phi) is 4.66. The SMILES string of the molecule is CCCCn1c(CC)nc(-c2ccccc2OC)c1N. The molecule has 2 rings (SSSR count). The highest BCUT2D eigenvalue weighted by Crippen LogP contribution is 2.33. The Balaban J connectivity index is 2.49. The average Bonchev–Trinajstić information content (AvgIpc) is 2.81. The third-order valence-electron chi connectivity index (χ3n) is 3.50. The molecule has 0 aliphatic rings. The van der Waals surface area contributed by atoms with Gasteiger partial charge in [0.25, 0.3) is 0 Å². The number of methoxy groups -OCH3 is 1. The normalized spacial score (nSPS) is 10.8. The lowest BCUT2D eigenvalue weighted by Crippen LogP contribution is -2.06. The first-order valence-corrected chi connectivity index (χ1v) is 7.21. The summed E-state index contributed by atoms with van der Waals surface area (Å²) in [5.74, 6) is 2.58. The summed E-state index contributed by atoms with van der Waals surface area (Å²) in [6.07, 6.45) is 3.13. The van der Waals surface area contributed by atoms with Gasteiger partial charge in [0.05, 0.1) is 7.11 Å². The lowest BCUT2D eigenvalue weighted by molar-refractivity contribution is 0.416. The summed E-state index contributed by atoms with van der Waals surface area (Å²) in [6, 6.07) is 7.87. The minimum absolute atomic E-state index is 0.736. The van der Waals surface area contributed by atoms with Gasteiger partial charge in [-0.3, -0.25) is 0 Å². The maximum Gasteiger partial charge on any atom is 0.131 e. The minimum atomic E-state index is 0.736. The molecule has 0 aliphatic carbocycles. The van der Waals surface area contributed by atoms with Crippen LogP contribution in [0.2, 0.25) is 0 Å². The van der Waals surface area contributed by atoms with Crippen LogP contribution in [0.4, 0.5) is 5.82 Å². The zero-order valence-electron chi connectivity index (χ0n) is 12.5. The van der Waals surface area contributed by atoms with Crippen LogP contribution < -0.4 is 10.5 Å². The summed E-state index contributed by atoms with van der Waals surface area (Å²) >= 11 is 0. The molecule has 0 radical (unpaired) electrons. The lowest BCUT2D eigenvalue weighted by Gasteiger charge is -2.09. The van der Waals surface area contributed by atoms with Crippen molar-refractivity contribution in [2.24, 2.45) is 0 Å². The molecule has 0 atom stereocenters. The predicted molar refractivity (Wildman–Crippen MR) is 82.9 cm³/mol. The van der Waals surface area contributed by atoms with E-state index in [0.29, 0.717) is 0 Å². The van der Waals surface area contributed by atoms with E-state index in [0.717, 1.165) is 54.5 Å². The first-order chi connectivity index (χ1) is 9.72. The fraction of sp³-hybridized carbons (Fsp3) is 0.438. The van der Waals surface area contributed by atoms with Crippen molar-refractivity contribution in [3.05, 3.63) is 30.1 Å². The Labute approximate surface area is 120 Å². The number of hydrogen-bond acceptors (Lipinski definition) is 3. The summed E-state index contributed by atoms with van der Waals surface area (Å²) in [5, 5.41) is 0. The fourth-order valence-corrected chi connectivity index (χ4v) is 2.39. The summed E-state index contributed by atoms with van der Waals surface area (Å²) in [5.41, 5.74) is 8.11. The second kappa shape index (κ2) is 6.46. The van der Waals surface area contributed by atoms with E-state index in [1.807, 2.05) is 24.3 Å². The van der Waals surface area contributed by atoms with E-state index in [2.05, 4.69) is 18.4 Å². The molecule has 0 amide bonds. The molecule has 1 heterocycles. The van der Waals surface area contributed by atoms with E-state index in [9.17, 15) is 0 Å². The molecule has 2 N–H and O–H groups in total. The van der Waals surface area contributed by atoms with E-state index >= 15 is 0 Å². The highest BCUT2D eigenvalue weighted by atomic mass is 16.5. The first-order valence-electron chi connectivity index (χ1n) is 7.21. The van der Waals surface area contributed by atoms with E-state index in [-0.39, 0.29) is 0 Å². The highest BCUT2D eigenvalue weighted by Gasteiger charge is 2.17. The van der Waals surface area contributed by atoms with Gasteiger partial charge < -0.3 is 15.0 Å². The van der Waals surface area contributed by atoms with Crippen LogP contribution in [0.25, 0.3) is 11.3 Å². The number of nitrogen functional groups attached to an aromatic ring is 1. The smallest absolute Gasteiger partial charge is 0.131 e. The van der Waals surface area contributed by atoms with Gasteiger partial charge in [-0.15, -0.1) is 0 Å². The van der Waals surface area contributed by atoms with Gasteiger partial charge in [0.2, 0.25) is 0 Å². The molecule has 108 valence electrons. The number of nitrogens with zero attached hydrogens (tertiary/aromatic N) is 2. The van der Waals surface area contributed by atoms with E-state index in [1.54, 1.807) is 7.11 Å². The molecular weight excluding hydrogens is 250 g/mol. The highest BCUT2D eigenvalue weighted by molar-refractivity contribution is 5.76. The van der Waals surface area contributed by atoms with Crippen LogP contribution >= 0.6 is 0 Å². The number of nitrogens with two attached hydrogens (primary N) is 1. The number of aryl methyl sites for hydroxylation is 1. The summed E-state index contributed by atoms with van der Waals surface area (Å²) in [6.45, 7) is 5.21. The number of para-hydroxylation sites is 1. The van der Waals surface area contributed by atoms with Gasteiger partial charge in [0, 0.05) is 18.5 Å². The molecule has 0 aliphatic heterocycles. The molecule has 4 nitrogen and oxygen atoms in total. The molecule has 20 heavy (non-hydrogen) atoms. The quantitative estimate of drug-likeness (QED) is 0.876. The molecule has 0 saturated heterocycles. The Bertz CT molecular complexity index is 575. The number of benzene rings is 1. The van der Waals surface area contributed by atoms with E-state index in [4.69, 9.17) is 15.5 Å². The Hall–Kier alpha value is -1.97. The summed E-state index contributed by atoms with van der Waals surface area (Å²) < 4.78 is 7.54. The van der Waals surface area contributed by atoms with Gasteiger partial charge in [-0.25, -0.2) is 4.98 Å². The first kappa shape index (κ1) is 14.4. The molecular formula is C16H23N3O. The minimum Gasteiger partial charge on any atom is -0.496 e. The number of unbranched alkanes of at least 4 members (excludes halogenated alkanes) is 1. The Morgan fingerprint density at radius 1 is 1.25 bits per heavy atom. The standard InChI is InChI=1S/C16H23N3O/c1-4-6-11-19-14(5-2)18-15(16(19)17)12-9-7-8-10-13(12)20-3/h7-10H,4-6,11,17H2,1-3H3. The molecule has 0 spiro atoms. The van der Waals surface area contributed by atoms with Crippen molar-refractivity contribution in [3.63, 3.8) is 0 Å². The van der Waals surface area contributed by atoms with Crippen molar-refractivity contribution in [3.8, 4) is 17.0 Å². The van der Waals surface area contributed by atoms with Gasteiger partial charge in [-0.2, -0.15) is 0 Å². The van der Waals surface area contributed by atoms with Crippen molar-refractivity contribution < 1.29 is 4.74 Å². The predicted octanol–water partition coefficient (Wildman–Crippen LogP) is 3.50. The van der Waals surface area contributed by atoms with Gasteiger partial charge in [-0.1, -0.05) is 32.4 Å². The third-order valence-corrected chi connectivity index (χ3v) is 3.50. The average molecular weight is 273 g/mol. The van der Waals surface area contributed by atoms with Crippen molar-refractivity contribution >= 4 is 5.82 Å². The van der Waals surface area contributed by atoms with Crippen molar-refractivity contribution in [2.75, 3.05) is 12.8 Å². The molecule has 2 aromatic rings. The topological polar surface area (TPSA) is 53.1 Å². The number of rotatable bonds is 6. The molecule has 1 aromatic carbocycles. The Morgan fingerprint density at radius 3 is 2.65 bits per heavy atom. The van der Waals surface area contributed by atoms with Crippen LogP contribution in [0.15, 0.2) is 24.3 Å². The van der Waals surface area contributed by atoms with Gasteiger partial charge in [0.15, 0.2) is 0 Å². The second-order valence-electron chi connectivity index (χ2n) is 4.82. The van der Waals surface area contributed by atoms with Crippen LogP contribution in [0, 0.1) is 0 Å². The van der Waals surface area contributed by atoms with E-state index < -0.39 is 0 Å². The summed E-state index contributed by atoms with van der Waals surface area (Å²) in [7, 11) is 1.67. The van der Waals surface area contributed by atoms with Crippen molar-refractivity contribution in [1.82, 2.24) is 9.55 Å². The molecule has 0 bridgehead atoms. The van der Waals surface area contributed by atoms with Crippen LogP contribution in [-0.4, -0.2) is 16.7 Å². The molecule has 0 saturated carbocycles. The second-order valence-corrected chi connectivity index (χ2v) is 4.82. The van der Waals surface area contributed by atoms with Gasteiger partial charge in [0.1, 0.15) is 23.1 Å².